The number of amides is 1. The molecule has 0 atom stereocenters. The van der Waals surface area contributed by atoms with E-state index in [1.165, 1.54) is 12.5 Å². The Hall–Kier alpha value is -2.11. The molecule has 15 heavy (non-hydrogen) atoms. The van der Waals surface area contributed by atoms with Crippen molar-refractivity contribution in [2.24, 2.45) is 0 Å². The SMILES string of the molecule is Cc1[nH]ncc1C(=O)NCc1ccon1. The van der Waals surface area contributed by atoms with Gasteiger partial charge in [0.15, 0.2) is 0 Å². The van der Waals surface area contributed by atoms with Gasteiger partial charge in [-0.2, -0.15) is 5.10 Å². The van der Waals surface area contributed by atoms with Gasteiger partial charge in [0.25, 0.3) is 5.91 Å². The number of nitrogens with one attached hydrogen (secondary N) is 2. The van der Waals surface area contributed by atoms with E-state index in [4.69, 9.17) is 0 Å². The summed E-state index contributed by atoms with van der Waals surface area (Å²) in [5.41, 5.74) is 1.97. The number of nitrogens with zero attached hydrogens (tertiary/aromatic N) is 2. The molecule has 0 radical (unpaired) electrons. The Morgan fingerprint density at radius 2 is 2.53 bits per heavy atom. The molecule has 0 saturated heterocycles. The zero-order chi connectivity index (χ0) is 10.7. The first-order chi connectivity index (χ1) is 7.27. The normalized spacial score (nSPS) is 10.2. The minimum atomic E-state index is -0.177. The topological polar surface area (TPSA) is 83.8 Å². The molecule has 1 amide bonds. The van der Waals surface area contributed by atoms with Crippen LogP contribution in [0.4, 0.5) is 0 Å². The van der Waals surface area contributed by atoms with Crippen LogP contribution in [0.5, 0.6) is 0 Å². The highest BCUT2D eigenvalue weighted by atomic mass is 16.5. The summed E-state index contributed by atoms with van der Waals surface area (Å²) in [7, 11) is 0. The van der Waals surface area contributed by atoms with Gasteiger partial charge in [-0.05, 0) is 6.92 Å². The van der Waals surface area contributed by atoms with Gasteiger partial charge in [0.05, 0.1) is 18.3 Å². The molecule has 2 heterocycles. The Morgan fingerprint density at radius 3 is 3.13 bits per heavy atom. The molecule has 0 fully saturated rings. The highest BCUT2D eigenvalue weighted by Crippen LogP contribution is 2.02. The summed E-state index contributed by atoms with van der Waals surface area (Å²) in [4.78, 5) is 11.6. The van der Waals surface area contributed by atoms with Gasteiger partial charge >= 0.3 is 0 Å². The first-order valence-electron chi connectivity index (χ1n) is 4.45. The molecular formula is C9H10N4O2. The molecule has 0 aliphatic heterocycles. The lowest BCUT2D eigenvalue weighted by molar-refractivity contribution is 0.0949. The van der Waals surface area contributed by atoms with Crippen LogP contribution in [0.25, 0.3) is 0 Å². The van der Waals surface area contributed by atoms with Crippen molar-refractivity contribution in [3.63, 3.8) is 0 Å². The van der Waals surface area contributed by atoms with Crippen molar-refractivity contribution in [2.75, 3.05) is 0 Å². The van der Waals surface area contributed by atoms with Gasteiger partial charge < -0.3 is 9.84 Å². The summed E-state index contributed by atoms with van der Waals surface area (Å²) in [5.74, 6) is -0.177. The van der Waals surface area contributed by atoms with Gasteiger partial charge in [-0.3, -0.25) is 9.89 Å². The first kappa shape index (κ1) is 9.45. The summed E-state index contributed by atoms with van der Waals surface area (Å²) >= 11 is 0. The average molecular weight is 206 g/mol. The summed E-state index contributed by atoms with van der Waals surface area (Å²) in [6, 6.07) is 1.70. The molecule has 2 aromatic rings. The number of rotatable bonds is 3. The largest absolute Gasteiger partial charge is 0.364 e. The van der Waals surface area contributed by atoms with Crippen molar-refractivity contribution in [2.45, 2.75) is 13.5 Å². The minimum absolute atomic E-state index is 0.177. The zero-order valence-corrected chi connectivity index (χ0v) is 8.15. The van der Waals surface area contributed by atoms with E-state index in [1.54, 1.807) is 13.0 Å². The second-order valence-electron chi connectivity index (χ2n) is 3.08. The molecule has 0 aliphatic rings. The summed E-state index contributed by atoms with van der Waals surface area (Å²) in [5, 5.41) is 12.9. The van der Waals surface area contributed by atoms with Crippen LogP contribution in [-0.4, -0.2) is 21.3 Å². The number of aromatic nitrogens is 3. The van der Waals surface area contributed by atoms with Gasteiger partial charge in [0.2, 0.25) is 0 Å². The van der Waals surface area contributed by atoms with Crippen LogP contribution in [0.15, 0.2) is 23.0 Å². The smallest absolute Gasteiger partial charge is 0.255 e. The van der Waals surface area contributed by atoms with E-state index in [9.17, 15) is 4.79 Å². The van der Waals surface area contributed by atoms with Crippen molar-refractivity contribution in [3.05, 3.63) is 35.5 Å². The van der Waals surface area contributed by atoms with Crippen molar-refractivity contribution in [1.29, 1.82) is 0 Å². The van der Waals surface area contributed by atoms with Crippen LogP contribution in [-0.2, 0) is 6.54 Å². The van der Waals surface area contributed by atoms with Crippen molar-refractivity contribution < 1.29 is 9.32 Å². The maximum Gasteiger partial charge on any atom is 0.255 e. The molecule has 2 N–H and O–H groups in total. The Kier molecular flexibility index (Phi) is 2.49. The molecule has 6 heteroatoms. The number of carbonyl (C=O) groups excluding carboxylic acids is 1. The molecule has 0 unspecified atom stereocenters. The predicted molar refractivity (Wildman–Crippen MR) is 51.0 cm³/mol. The van der Waals surface area contributed by atoms with Gasteiger partial charge in [-0.25, -0.2) is 0 Å². The van der Waals surface area contributed by atoms with Gasteiger partial charge in [-0.15, -0.1) is 0 Å². The van der Waals surface area contributed by atoms with E-state index in [0.29, 0.717) is 17.8 Å². The number of aromatic amines is 1. The molecule has 2 aromatic heterocycles. The highest BCUT2D eigenvalue weighted by molar-refractivity contribution is 5.94. The Labute approximate surface area is 85.7 Å². The number of aryl methyl sites for hydroxylation is 1. The quantitative estimate of drug-likeness (QED) is 0.771. The van der Waals surface area contributed by atoms with E-state index in [0.717, 1.165) is 5.69 Å². The molecule has 2 rings (SSSR count). The van der Waals surface area contributed by atoms with Gasteiger partial charge in [-0.1, -0.05) is 5.16 Å². The van der Waals surface area contributed by atoms with E-state index in [-0.39, 0.29) is 5.91 Å². The van der Waals surface area contributed by atoms with Crippen LogP contribution in [0.1, 0.15) is 21.7 Å². The van der Waals surface area contributed by atoms with E-state index in [2.05, 4.69) is 25.2 Å². The number of hydrogen-bond donors (Lipinski definition) is 2. The Balaban J connectivity index is 1.96. The summed E-state index contributed by atoms with van der Waals surface area (Å²) in [6.07, 6.45) is 2.96. The molecule has 0 bridgehead atoms. The van der Waals surface area contributed by atoms with Crippen LogP contribution in [0.2, 0.25) is 0 Å². The lowest BCUT2D eigenvalue weighted by Gasteiger charge is -2.00. The maximum absolute atomic E-state index is 11.6. The second kappa shape index (κ2) is 3.95. The average Bonchev–Trinajstić information content (AvgIpc) is 2.84. The third kappa shape index (κ3) is 2.04. The lowest BCUT2D eigenvalue weighted by Crippen LogP contribution is -2.23. The standard InChI is InChI=1S/C9H10N4O2/c1-6-8(5-11-12-6)9(14)10-4-7-2-3-15-13-7/h2-3,5H,4H2,1H3,(H,10,14)(H,11,12). The monoisotopic (exact) mass is 206 g/mol. The first-order valence-corrected chi connectivity index (χ1v) is 4.45. The van der Waals surface area contributed by atoms with Gasteiger partial charge in [0.1, 0.15) is 12.0 Å². The fraction of sp³-hybridized carbons (Fsp3) is 0.222. The molecule has 78 valence electrons. The van der Waals surface area contributed by atoms with Crippen LogP contribution < -0.4 is 5.32 Å². The van der Waals surface area contributed by atoms with Crippen molar-refractivity contribution in [3.8, 4) is 0 Å². The number of H-pyrrole nitrogens is 1. The summed E-state index contributed by atoms with van der Waals surface area (Å²) in [6.45, 7) is 2.14. The number of hydrogen-bond acceptors (Lipinski definition) is 4. The van der Waals surface area contributed by atoms with Crippen molar-refractivity contribution >= 4 is 5.91 Å². The molecule has 0 spiro atoms. The van der Waals surface area contributed by atoms with Crippen LogP contribution >= 0.6 is 0 Å². The Morgan fingerprint density at radius 1 is 1.67 bits per heavy atom. The lowest BCUT2D eigenvalue weighted by atomic mass is 10.2. The fourth-order valence-corrected chi connectivity index (χ4v) is 1.17. The predicted octanol–water partition coefficient (Wildman–Crippen LogP) is 0.636. The highest BCUT2D eigenvalue weighted by Gasteiger charge is 2.10. The molecule has 0 aromatic carbocycles. The number of carbonyl (C=O) groups is 1. The second-order valence-corrected chi connectivity index (χ2v) is 3.08. The molecular weight excluding hydrogens is 196 g/mol. The minimum Gasteiger partial charge on any atom is -0.364 e. The van der Waals surface area contributed by atoms with Gasteiger partial charge in [0, 0.05) is 11.8 Å². The van der Waals surface area contributed by atoms with E-state index in [1.807, 2.05) is 0 Å². The van der Waals surface area contributed by atoms with E-state index >= 15 is 0 Å². The molecule has 0 saturated carbocycles. The van der Waals surface area contributed by atoms with Crippen molar-refractivity contribution in [1.82, 2.24) is 20.7 Å². The maximum atomic E-state index is 11.6. The summed E-state index contributed by atoms with van der Waals surface area (Å²) < 4.78 is 4.64. The Bertz CT molecular complexity index is 446. The fourth-order valence-electron chi connectivity index (χ4n) is 1.17. The molecule has 0 aliphatic carbocycles. The van der Waals surface area contributed by atoms with Crippen LogP contribution in [0, 0.1) is 6.92 Å². The van der Waals surface area contributed by atoms with E-state index < -0.39 is 0 Å². The zero-order valence-electron chi connectivity index (χ0n) is 8.15. The third-order valence-electron chi connectivity index (χ3n) is 2.00. The molecule has 6 nitrogen and oxygen atoms in total. The third-order valence-corrected chi connectivity index (χ3v) is 2.00. The van der Waals surface area contributed by atoms with Crippen LogP contribution in [0.3, 0.4) is 0 Å².